The number of aliphatic hydroxyl groups excluding tert-OH is 1. The number of halogens is 4. The van der Waals surface area contributed by atoms with Gasteiger partial charge in [0.05, 0.1) is 19.3 Å². The van der Waals surface area contributed by atoms with Gasteiger partial charge in [-0.25, -0.2) is 0 Å². The van der Waals surface area contributed by atoms with Crippen molar-refractivity contribution in [3.05, 3.63) is 28.8 Å². The van der Waals surface area contributed by atoms with E-state index in [-0.39, 0.29) is 13.2 Å². The fraction of sp³-hybridized carbons (Fsp3) is 0.538. The molecule has 1 aromatic rings. The standard InChI is InChI=1S/C13H16ClF3O3/c1-9(18)11-7-10(14)3-4-12(11)20-6-2-5-19-8-13(15,16)17/h3-4,7,9,18H,2,5-6,8H2,1H3/t9-/m1/s1. The molecule has 0 amide bonds. The Bertz CT molecular complexity index is 422. The molecule has 0 aliphatic carbocycles. The molecule has 1 atom stereocenters. The Labute approximate surface area is 120 Å². The van der Waals surface area contributed by atoms with Crippen molar-refractivity contribution >= 4 is 11.6 Å². The van der Waals surface area contributed by atoms with Crippen molar-refractivity contribution in [2.45, 2.75) is 25.6 Å². The van der Waals surface area contributed by atoms with E-state index in [1.807, 2.05) is 0 Å². The molecule has 0 bridgehead atoms. The number of hydrogen-bond acceptors (Lipinski definition) is 3. The number of aliphatic hydroxyl groups is 1. The third kappa shape index (κ3) is 6.45. The first kappa shape index (κ1) is 17.1. The summed E-state index contributed by atoms with van der Waals surface area (Å²) in [6.07, 6.45) is -4.74. The summed E-state index contributed by atoms with van der Waals surface area (Å²) in [5, 5.41) is 10.0. The maximum absolute atomic E-state index is 11.8. The minimum atomic E-state index is -4.31. The molecule has 20 heavy (non-hydrogen) atoms. The largest absolute Gasteiger partial charge is 0.493 e. The average Bonchev–Trinajstić information content (AvgIpc) is 2.33. The van der Waals surface area contributed by atoms with E-state index < -0.39 is 18.9 Å². The normalized spacial score (nSPS) is 13.3. The van der Waals surface area contributed by atoms with Crippen molar-refractivity contribution in [1.82, 2.24) is 0 Å². The molecule has 0 saturated carbocycles. The summed E-state index contributed by atoms with van der Waals surface area (Å²) >= 11 is 5.81. The summed E-state index contributed by atoms with van der Waals surface area (Å²) in [7, 11) is 0. The van der Waals surface area contributed by atoms with Gasteiger partial charge in [-0.2, -0.15) is 13.2 Å². The van der Waals surface area contributed by atoms with E-state index in [0.717, 1.165) is 0 Å². The summed E-state index contributed by atoms with van der Waals surface area (Å²) in [5.41, 5.74) is 0.536. The first-order valence-electron chi connectivity index (χ1n) is 6.04. The highest BCUT2D eigenvalue weighted by Crippen LogP contribution is 2.28. The Morgan fingerprint density at radius 1 is 1.30 bits per heavy atom. The molecule has 0 unspecified atom stereocenters. The van der Waals surface area contributed by atoms with Gasteiger partial charge in [0.25, 0.3) is 0 Å². The third-order valence-electron chi connectivity index (χ3n) is 2.38. The molecule has 114 valence electrons. The van der Waals surface area contributed by atoms with Crippen LogP contribution in [0.5, 0.6) is 5.75 Å². The molecular weight excluding hydrogens is 297 g/mol. The molecule has 1 N–H and O–H groups in total. The van der Waals surface area contributed by atoms with Crippen LogP contribution in [0.1, 0.15) is 25.0 Å². The van der Waals surface area contributed by atoms with E-state index in [9.17, 15) is 18.3 Å². The SMILES string of the molecule is C[C@@H](O)c1cc(Cl)ccc1OCCCOCC(F)(F)F. The van der Waals surface area contributed by atoms with Gasteiger partial charge in [-0.05, 0) is 25.1 Å². The molecule has 0 aliphatic rings. The van der Waals surface area contributed by atoms with Crippen LogP contribution < -0.4 is 4.74 Å². The highest BCUT2D eigenvalue weighted by atomic mass is 35.5. The van der Waals surface area contributed by atoms with Crippen LogP contribution >= 0.6 is 11.6 Å². The molecule has 0 aliphatic heterocycles. The quantitative estimate of drug-likeness (QED) is 0.780. The van der Waals surface area contributed by atoms with Gasteiger partial charge in [0.15, 0.2) is 0 Å². The third-order valence-corrected chi connectivity index (χ3v) is 2.61. The topological polar surface area (TPSA) is 38.7 Å². The molecule has 3 nitrogen and oxygen atoms in total. The lowest BCUT2D eigenvalue weighted by molar-refractivity contribution is -0.174. The van der Waals surface area contributed by atoms with Crippen LogP contribution in [-0.2, 0) is 4.74 Å². The first-order valence-corrected chi connectivity index (χ1v) is 6.42. The van der Waals surface area contributed by atoms with Crippen LogP contribution in [0.3, 0.4) is 0 Å². The van der Waals surface area contributed by atoms with Crippen molar-refractivity contribution in [2.24, 2.45) is 0 Å². The molecule has 0 saturated heterocycles. The summed E-state index contributed by atoms with van der Waals surface area (Å²) < 4.78 is 45.3. The van der Waals surface area contributed by atoms with Crippen LogP contribution in [0.4, 0.5) is 13.2 Å². The highest BCUT2D eigenvalue weighted by molar-refractivity contribution is 6.30. The number of rotatable bonds is 7. The molecule has 1 aromatic carbocycles. The van der Waals surface area contributed by atoms with Gasteiger partial charge < -0.3 is 14.6 Å². The van der Waals surface area contributed by atoms with Gasteiger partial charge in [-0.3, -0.25) is 0 Å². The molecule has 0 spiro atoms. The minimum absolute atomic E-state index is 0.0445. The maximum atomic E-state index is 11.8. The van der Waals surface area contributed by atoms with E-state index in [4.69, 9.17) is 16.3 Å². The van der Waals surface area contributed by atoms with Gasteiger partial charge in [0.1, 0.15) is 12.4 Å². The number of hydrogen-bond donors (Lipinski definition) is 1. The van der Waals surface area contributed by atoms with Crippen LogP contribution in [0.25, 0.3) is 0 Å². The van der Waals surface area contributed by atoms with Gasteiger partial charge in [0, 0.05) is 17.0 Å². The molecule has 0 heterocycles. The second-order valence-electron chi connectivity index (χ2n) is 4.23. The molecule has 1 rings (SSSR count). The summed E-state index contributed by atoms with van der Waals surface area (Å²) in [5.74, 6) is 0.459. The van der Waals surface area contributed by atoms with Gasteiger partial charge in [-0.1, -0.05) is 11.6 Å². The van der Waals surface area contributed by atoms with Crippen molar-refractivity contribution < 1.29 is 27.8 Å². The lowest BCUT2D eigenvalue weighted by Gasteiger charge is -2.14. The second-order valence-corrected chi connectivity index (χ2v) is 4.66. The Hall–Kier alpha value is -0.980. The van der Waals surface area contributed by atoms with E-state index in [0.29, 0.717) is 22.8 Å². The van der Waals surface area contributed by atoms with Crippen molar-refractivity contribution in [2.75, 3.05) is 19.8 Å². The Kier molecular flexibility index (Phi) is 6.58. The Morgan fingerprint density at radius 3 is 2.60 bits per heavy atom. The predicted molar refractivity (Wildman–Crippen MR) is 69.1 cm³/mol. The monoisotopic (exact) mass is 312 g/mol. The van der Waals surface area contributed by atoms with Gasteiger partial charge in [-0.15, -0.1) is 0 Å². The van der Waals surface area contributed by atoms with E-state index in [1.165, 1.54) is 0 Å². The predicted octanol–water partition coefficient (Wildman–Crippen LogP) is 3.74. The fourth-order valence-corrected chi connectivity index (χ4v) is 1.69. The van der Waals surface area contributed by atoms with Crippen molar-refractivity contribution in [3.8, 4) is 5.75 Å². The first-order chi connectivity index (χ1) is 9.29. The smallest absolute Gasteiger partial charge is 0.411 e. The van der Waals surface area contributed by atoms with Gasteiger partial charge in [0.2, 0.25) is 0 Å². The van der Waals surface area contributed by atoms with E-state index >= 15 is 0 Å². The molecule has 0 fully saturated rings. The number of benzene rings is 1. The summed E-state index contributed by atoms with van der Waals surface area (Å²) in [6.45, 7) is 0.466. The minimum Gasteiger partial charge on any atom is -0.493 e. The zero-order valence-corrected chi connectivity index (χ0v) is 11.7. The van der Waals surface area contributed by atoms with Crippen molar-refractivity contribution in [1.29, 1.82) is 0 Å². The molecule has 0 radical (unpaired) electrons. The lowest BCUT2D eigenvalue weighted by atomic mass is 10.1. The van der Waals surface area contributed by atoms with Crippen molar-refractivity contribution in [3.63, 3.8) is 0 Å². The second kappa shape index (κ2) is 7.71. The maximum Gasteiger partial charge on any atom is 0.411 e. The lowest BCUT2D eigenvalue weighted by Crippen LogP contribution is -2.18. The van der Waals surface area contributed by atoms with Gasteiger partial charge >= 0.3 is 6.18 Å². The number of alkyl halides is 3. The fourth-order valence-electron chi connectivity index (χ4n) is 1.51. The highest BCUT2D eigenvalue weighted by Gasteiger charge is 2.27. The average molecular weight is 313 g/mol. The summed E-state index contributed by atoms with van der Waals surface area (Å²) in [4.78, 5) is 0. The summed E-state index contributed by atoms with van der Waals surface area (Å²) in [6, 6.07) is 4.81. The Morgan fingerprint density at radius 2 is 2.00 bits per heavy atom. The molecular formula is C13H16ClF3O3. The molecule has 7 heteroatoms. The molecule has 0 aromatic heterocycles. The van der Waals surface area contributed by atoms with E-state index in [1.54, 1.807) is 25.1 Å². The van der Waals surface area contributed by atoms with Crippen LogP contribution in [0.15, 0.2) is 18.2 Å². The zero-order valence-electron chi connectivity index (χ0n) is 10.9. The Balaban J connectivity index is 2.35. The zero-order chi connectivity index (χ0) is 15.2. The number of ether oxygens (including phenoxy) is 2. The van der Waals surface area contributed by atoms with Crippen LogP contribution in [0, 0.1) is 0 Å². The van der Waals surface area contributed by atoms with Crippen LogP contribution in [0.2, 0.25) is 5.02 Å². The van der Waals surface area contributed by atoms with Crippen LogP contribution in [-0.4, -0.2) is 31.1 Å². The van der Waals surface area contributed by atoms with E-state index in [2.05, 4.69) is 4.74 Å².